The number of aryl methyl sites for hydroxylation is 1. The minimum atomic E-state index is -3.51. The van der Waals surface area contributed by atoms with Gasteiger partial charge < -0.3 is 5.11 Å². The molecule has 116 valence electrons. The predicted octanol–water partition coefficient (Wildman–Crippen LogP) is 2.05. The van der Waals surface area contributed by atoms with Gasteiger partial charge in [0.1, 0.15) is 6.61 Å². The third-order valence-electron chi connectivity index (χ3n) is 2.99. The predicted molar refractivity (Wildman–Crippen MR) is 84.4 cm³/mol. The number of rotatable bonds is 5. The number of nitrogens with one attached hydrogen (secondary N) is 1. The first-order valence-corrected chi connectivity index (χ1v) is 8.47. The molecule has 0 amide bonds. The van der Waals surface area contributed by atoms with Crippen LogP contribution in [0.3, 0.4) is 0 Å². The fraction of sp³-hybridized carbons (Fsp3) is 0.500. The van der Waals surface area contributed by atoms with Crippen molar-refractivity contribution in [3.63, 3.8) is 0 Å². The van der Waals surface area contributed by atoms with Crippen molar-refractivity contribution in [2.75, 3.05) is 6.61 Å². The molecule has 0 aliphatic rings. The number of aliphatic hydroxyl groups excluding tert-OH is 1. The second-order valence-electron chi connectivity index (χ2n) is 5.59. The smallest absolute Gasteiger partial charge is 0.240 e. The Kier molecular flexibility index (Phi) is 6.41. The first-order chi connectivity index (χ1) is 9.76. The number of hydrogen-bond acceptors (Lipinski definition) is 3. The monoisotopic (exact) mass is 309 g/mol. The van der Waals surface area contributed by atoms with Crippen LogP contribution in [0.1, 0.15) is 38.3 Å². The van der Waals surface area contributed by atoms with E-state index in [9.17, 15) is 8.42 Å². The lowest BCUT2D eigenvalue weighted by Gasteiger charge is -2.16. The van der Waals surface area contributed by atoms with Crippen LogP contribution in [0.25, 0.3) is 0 Å². The molecule has 0 spiro atoms. The van der Waals surface area contributed by atoms with Gasteiger partial charge in [-0.25, -0.2) is 13.1 Å². The zero-order valence-corrected chi connectivity index (χ0v) is 13.8. The van der Waals surface area contributed by atoms with Crippen LogP contribution in [0.5, 0.6) is 0 Å². The summed E-state index contributed by atoms with van der Waals surface area (Å²) in [5.41, 5.74) is 1.49. The standard InChI is InChI=1S/C16H23NO3S/c1-12(2)10-14(4)17-21(19,20)16-8-7-15(6-5-9-18)13(3)11-16/h7-8,11-12,14,17-18H,9-10H2,1-4H3. The maximum Gasteiger partial charge on any atom is 0.240 e. The van der Waals surface area contributed by atoms with Gasteiger partial charge in [0.15, 0.2) is 0 Å². The quantitative estimate of drug-likeness (QED) is 0.818. The maximum atomic E-state index is 12.3. The van der Waals surface area contributed by atoms with E-state index in [1.165, 1.54) is 0 Å². The zero-order chi connectivity index (χ0) is 16.0. The van der Waals surface area contributed by atoms with Gasteiger partial charge in [0, 0.05) is 11.6 Å². The van der Waals surface area contributed by atoms with Crippen LogP contribution in [0.2, 0.25) is 0 Å². The van der Waals surface area contributed by atoms with E-state index < -0.39 is 10.0 Å². The maximum absolute atomic E-state index is 12.3. The summed E-state index contributed by atoms with van der Waals surface area (Å²) in [7, 11) is -3.51. The second kappa shape index (κ2) is 7.60. The summed E-state index contributed by atoms with van der Waals surface area (Å²) in [4.78, 5) is 0.241. The summed E-state index contributed by atoms with van der Waals surface area (Å²) in [5, 5.41) is 8.69. The SMILES string of the molecule is Cc1cc(S(=O)(=O)NC(C)CC(C)C)ccc1C#CCO. The van der Waals surface area contributed by atoms with Crippen LogP contribution in [0.15, 0.2) is 23.1 Å². The molecule has 2 N–H and O–H groups in total. The van der Waals surface area contributed by atoms with Gasteiger partial charge in [0.2, 0.25) is 10.0 Å². The fourth-order valence-electron chi connectivity index (χ4n) is 2.17. The molecule has 1 aromatic carbocycles. The van der Waals surface area contributed by atoms with Crippen LogP contribution < -0.4 is 4.72 Å². The van der Waals surface area contributed by atoms with Gasteiger partial charge >= 0.3 is 0 Å². The molecule has 1 atom stereocenters. The Labute approximate surface area is 127 Å². The highest BCUT2D eigenvalue weighted by atomic mass is 32.2. The number of benzene rings is 1. The lowest BCUT2D eigenvalue weighted by atomic mass is 10.1. The summed E-state index contributed by atoms with van der Waals surface area (Å²) >= 11 is 0. The van der Waals surface area contributed by atoms with Crippen LogP contribution in [-0.2, 0) is 10.0 Å². The molecule has 0 fully saturated rings. The van der Waals surface area contributed by atoms with Gasteiger partial charge in [0.05, 0.1) is 4.90 Å². The van der Waals surface area contributed by atoms with E-state index in [0.717, 1.165) is 17.5 Å². The minimum absolute atomic E-state index is 0.107. The highest BCUT2D eigenvalue weighted by Gasteiger charge is 2.18. The lowest BCUT2D eigenvalue weighted by Crippen LogP contribution is -2.33. The molecule has 0 heterocycles. The Bertz CT molecular complexity index is 639. The van der Waals surface area contributed by atoms with Crippen molar-refractivity contribution >= 4 is 10.0 Å². The normalized spacial score (nSPS) is 12.9. The molecule has 0 aromatic heterocycles. The van der Waals surface area contributed by atoms with Crippen molar-refractivity contribution in [1.82, 2.24) is 4.72 Å². The number of hydrogen-bond donors (Lipinski definition) is 2. The Morgan fingerprint density at radius 3 is 2.48 bits per heavy atom. The van der Waals surface area contributed by atoms with Crippen LogP contribution >= 0.6 is 0 Å². The van der Waals surface area contributed by atoms with E-state index in [4.69, 9.17) is 5.11 Å². The molecule has 0 aliphatic carbocycles. The lowest BCUT2D eigenvalue weighted by molar-refractivity contribution is 0.350. The van der Waals surface area contributed by atoms with Crippen LogP contribution in [-0.4, -0.2) is 26.2 Å². The van der Waals surface area contributed by atoms with E-state index in [1.807, 2.05) is 6.92 Å². The van der Waals surface area contributed by atoms with E-state index in [1.54, 1.807) is 25.1 Å². The van der Waals surface area contributed by atoms with E-state index in [0.29, 0.717) is 5.92 Å². The largest absolute Gasteiger partial charge is 0.384 e. The van der Waals surface area contributed by atoms with Gasteiger partial charge in [0.25, 0.3) is 0 Å². The molecule has 1 rings (SSSR count). The first kappa shape index (κ1) is 17.7. The average Bonchev–Trinajstić information content (AvgIpc) is 2.35. The number of aliphatic hydroxyl groups is 1. The zero-order valence-electron chi connectivity index (χ0n) is 13.0. The molecule has 21 heavy (non-hydrogen) atoms. The molecule has 1 unspecified atom stereocenters. The third kappa shape index (κ3) is 5.50. The van der Waals surface area contributed by atoms with Crippen molar-refractivity contribution in [3.8, 4) is 11.8 Å². The molecule has 0 aliphatic heterocycles. The van der Waals surface area contributed by atoms with Crippen molar-refractivity contribution < 1.29 is 13.5 Å². The van der Waals surface area contributed by atoms with Gasteiger partial charge in [-0.15, -0.1) is 0 Å². The van der Waals surface area contributed by atoms with Crippen LogP contribution in [0.4, 0.5) is 0 Å². The third-order valence-corrected chi connectivity index (χ3v) is 4.58. The van der Waals surface area contributed by atoms with Gasteiger partial charge in [-0.1, -0.05) is 25.7 Å². The summed E-state index contributed by atoms with van der Waals surface area (Å²) < 4.78 is 27.3. The molecular weight excluding hydrogens is 286 g/mol. The van der Waals surface area contributed by atoms with E-state index in [-0.39, 0.29) is 17.5 Å². The minimum Gasteiger partial charge on any atom is -0.384 e. The summed E-state index contributed by atoms with van der Waals surface area (Å²) in [5.74, 6) is 5.78. The molecule has 0 radical (unpaired) electrons. The van der Waals surface area contributed by atoms with Crippen molar-refractivity contribution in [2.45, 2.75) is 45.1 Å². The van der Waals surface area contributed by atoms with Gasteiger partial charge in [-0.3, -0.25) is 0 Å². The Morgan fingerprint density at radius 1 is 1.29 bits per heavy atom. The average molecular weight is 309 g/mol. The highest BCUT2D eigenvalue weighted by molar-refractivity contribution is 7.89. The molecule has 0 saturated heterocycles. The second-order valence-corrected chi connectivity index (χ2v) is 7.30. The van der Waals surface area contributed by atoms with Crippen LogP contribution in [0, 0.1) is 24.7 Å². The highest BCUT2D eigenvalue weighted by Crippen LogP contribution is 2.16. The molecule has 5 heteroatoms. The number of sulfonamides is 1. The Morgan fingerprint density at radius 2 is 1.95 bits per heavy atom. The van der Waals surface area contributed by atoms with E-state index >= 15 is 0 Å². The fourth-order valence-corrected chi connectivity index (χ4v) is 3.51. The molecule has 1 aromatic rings. The molecule has 0 saturated carbocycles. The summed E-state index contributed by atoms with van der Waals surface area (Å²) in [6.45, 7) is 7.57. The topological polar surface area (TPSA) is 66.4 Å². The van der Waals surface area contributed by atoms with Gasteiger partial charge in [-0.2, -0.15) is 0 Å². The Hall–Kier alpha value is -1.35. The van der Waals surface area contributed by atoms with Gasteiger partial charge in [-0.05, 0) is 49.9 Å². The molecule has 0 bridgehead atoms. The first-order valence-electron chi connectivity index (χ1n) is 6.99. The summed E-state index contributed by atoms with van der Waals surface area (Å²) in [6.07, 6.45) is 0.790. The molecule has 4 nitrogen and oxygen atoms in total. The van der Waals surface area contributed by atoms with Crippen molar-refractivity contribution in [1.29, 1.82) is 0 Å². The van der Waals surface area contributed by atoms with Crippen molar-refractivity contribution in [2.24, 2.45) is 5.92 Å². The van der Waals surface area contributed by atoms with E-state index in [2.05, 4.69) is 30.4 Å². The summed E-state index contributed by atoms with van der Waals surface area (Å²) in [6, 6.07) is 4.70. The Balaban J connectivity index is 2.97. The molecular formula is C16H23NO3S. The van der Waals surface area contributed by atoms with Crippen molar-refractivity contribution in [3.05, 3.63) is 29.3 Å².